The molecule has 0 aliphatic heterocycles. The molecule has 0 spiro atoms. The highest BCUT2D eigenvalue weighted by Gasteiger charge is 2.23. The SMILES string of the molecule is Cc1ccc(C(C(=O)NCl)c2ccc(C(=O)C[N+](=O)[O-])cc2)cc1C. The van der Waals surface area contributed by atoms with Gasteiger partial charge >= 0.3 is 0 Å². The van der Waals surface area contributed by atoms with Gasteiger partial charge in [0.25, 0.3) is 6.54 Å². The van der Waals surface area contributed by atoms with Crippen molar-refractivity contribution in [1.82, 2.24) is 4.84 Å². The lowest BCUT2D eigenvalue weighted by Gasteiger charge is -2.17. The maximum absolute atomic E-state index is 12.3. The van der Waals surface area contributed by atoms with E-state index in [2.05, 4.69) is 4.84 Å². The van der Waals surface area contributed by atoms with E-state index in [0.29, 0.717) is 5.56 Å². The highest BCUT2D eigenvalue weighted by molar-refractivity contribution is 6.22. The number of carbonyl (C=O) groups is 2. The number of nitrogens with zero attached hydrogens (tertiary/aromatic N) is 1. The van der Waals surface area contributed by atoms with Gasteiger partial charge < -0.3 is 0 Å². The first-order chi connectivity index (χ1) is 11.8. The fraction of sp³-hybridized carbons (Fsp3) is 0.222. The van der Waals surface area contributed by atoms with Gasteiger partial charge in [-0.05, 0) is 36.1 Å². The molecule has 7 heteroatoms. The number of nitrogens with one attached hydrogen (secondary N) is 1. The second-order valence-corrected chi connectivity index (χ2v) is 5.96. The monoisotopic (exact) mass is 360 g/mol. The average molecular weight is 361 g/mol. The molecular weight excluding hydrogens is 344 g/mol. The van der Waals surface area contributed by atoms with Crippen LogP contribution in [0, 0.1) is 24.0 Å². The van der Waals surface area contributed by atoms with Crippen LogP contribution in [0.2, 0.25) is 0 Å². The van der Waals surface area contributed by atoms with Gasteiger partial charge in [-0.3, -0.25) is 24.5 Å². The van der Waals surface area contributed by atoms with Crippen molar-refractivity contribution in [3.8, 4) is 0 Å². The van der Waals surface area contributed by atoms with E-state index in [0.717, 1.165) is 16.7 Å². The first-order valence-electron chi connectivity index (χ1n) is 7.56. The lowest BCUT2D eigenvalue weighted by atomic mass is 9.88. The fourth-order valence-electron chi connectivity index (χ4n) is 2.56. The number of rotatable bonds is 6. The van der Waals surface area contributed by atoms with Crippen molar-refractivity contribution in [2.24, 2.45) is 0 Å². The molecule has 1 N–H and O–H groups in total. The van der Waals surface area contributed by atoms with Gasteiger partial charge in [-0.2, -0.15) is 0 Å². The number of amides is 1. The van der Waals surface area contributed by atoms with E-state index in [9.17, 15) is 19.7 Å². The molecule has 25 heavy (non-hydrogen) atoms. The molecule has 2 rings (SSSR count). The Bertz CT molecular complexity index is 818. The molecule has 0 aromatic heterocycles. The Kier molecular flexibility index (Phi) is 5.88. The third-order valence-corrected chi connectivity index (χ3v) is 4.24. The highest BCUT2D eigenvalue weighted by Crippen LogP contribution is 2.27. The standard InChI is InChI=1S/C18H17ClN2O4/c1-11-3-4-15(9-12(11)2)17(18(23)20-19)14-7-5-13(6-8-14)16(22)10-21(24)25/h3-9,17H,10H2,1-2H3,(H,20,23). The third kappa shape index (κ3) is 4.42. The maximum Gasteiger partial charge on any atom is 0.265 e. The van der Waals surface area contributed by atoms with Crippen molar-refractivity contribution in [3.63, 3.8) is 0 Å². The summed E-state index contributed by atoms with van der Waals surface area (Å²) in [5, 5.41) is 10.4. The number of aryl methyl sites for hydroxylation is 2. The number of hydrogen-bond acceptors (Lipinski definition) is 4. The molecule has 0 aliphatic carbocycles. The summed E-state index contributed by atoms with van der Waals surface area (Å²) in [4.78, 5) is 35.9. The topological polar surface area (TPSA) is 89.3 Å². The van der Waals surface area contributed by atoms with E-state index in [1.807, 2.05) is 32.0 Å². The quantitative estimate of drug-likeness (QED) is 0.371. The van der Waals surface area contributed by atoms with Gasteiger partial charge in [0.05, 0.1) is 5.92 Å². The molecule has 0 saturated heterocycles. The smallest absolute Gasteiger partial charge is 0.265 e. The predicted molar refractivity (Wildman–Crippen MR) is 94.4 cm³/mol. The molecule has 0 bridgehead atoms. The number of ketones is 1. The van der Waals surface area contributed by atoms with Crippen molar-refractivity contribution in [1.29, 1.82) is 0 Å². The van der Waals surface area contributed by atoms with Crippen molar-refractivity contribution in [3.05, 3.63) is 80.4 Å². The second kappa shape index (κ2) is 7.90. The Morgan fingerprint density at radius 3 is 2.20 bits per heavy atom. The fourth-order valence-corrected chi connectivity index (χ4v) is 2.67. The Balaban J connectivity index is 2.38. The summed E-state index contributed by atoms with van der Waals surface area (Å²) in [7, 11) is 0. The summed E-state index contributed by atoms with van der Waals surface area (Å²) < 4.78 is 0. The van der Waals surface area contributed by atoms with Gasteiger partial charge in [-0.1, -0.05) is 42.5 Å². The normalized spacial score (nSPS) is 11.6. The van der Waals surface area contributed by atoms with Crippen LogP contribution >= 0.6 is 11.8 Å². The van der Waals surface area contributed by atoms with Gasteiger partial charge in [0.1, 0.15) is 0 Å². The summed E-state index contributed by atoms with van der Waals surface area (Å²) in [5.41, 5.74) is 3.78. The largest absolute Gasteiger partial charge is 0.287 e. The molecule has 1 amide bonds. The first kappa shape index (κ1) is 18.6. The van der Waals surface area contributed by atoms with Crippen LogP contribution in [0.15, 0.2) is 42.5 Å². The highest BCUT2D eigenvalue weighted by atomic mass is 35.5. The van der Waals surface area contributed by atoms with Gasteiger partial charge in [-0.15, -0.1) is 0 Å². The number of nitro groups is 1. The van der Waals surface area contributed by atoms with E-state index in [1.54, 1.807) is 12.1 Å². The van der Waals surface area contributed by atoms with Crippen molar-refractivity contribution in [2.45, 2.75) is 19.8 Å². The van der Waals surface area contributed by atoms with Gasteiger partial charge in [0.2, 0.25) is 11.7 Å². The molecule has 130 valence electrons. The zero-order valence-electron chi connectivity index (χ0n) is 13.8. The molecular formula is C18H17ClN2O4. The number of hydrogen-bond donors (Lipinski definition) is 1. The van der Waals surface area contributed by atoms with E-state index in [4.69, 9.17) is 11.8 Å². The molecule has 2 aromatic rings. The van der Waals surface area contributed by atoms with Crippen LogP contribution < -0.4 is 4.84 Å². The summed E-state index contributed by atoms with van der Waals surface area (Å²) >= 11 is 5.53. The Hall–Kier alpha value is -2.73. The third-order valence-electron chi connectivity index (χ3n) is 4.06. The molecule has 0 aliphatic rings. The number of Topliss-reactive ketones (excluding diaryl/α,β-unsaturated/α-hetero) is 1. The molecule has 1 atom stereocenters. The van der Waals surface area contributed by atoms with Crippen LogP contribution in [-0.4, -0.2) is 23.2 Å². The molecule has 0 heterocycles. The molecule has 0 radical (unpaired) electrons. The van der Waals surface area contributed by atoms with E-state index >= 15 is 0 Å². The zero-order chi connectivity index (χ0) is 18.6. The van der Waals surface area contributed by atoms with Crippen molar-refractivity contribution in [2.75, 3.05) is 6.54 Å². The molecule has 1 unspecified atom stereocenters. The van der Waals surface area contributed by atoms with Crippen LogP contribution in [0.1, 0.15) is 38.5 Å². The van der Waals surface area contributed by atoms with Crippen LogP contribution in [0.3, 0.4) is 0 Å². The van der Waals surface area contributed by atoms with Crippen molar-refractivity contribution < 1.29 is 14.5 Å². The molecule has 0 fully saturated rings. The van der Waals surface area contributed by atoms with Crippen molar-refractivity contribution >= 4 is 23.5 Å². The molecule has 6 nitrogen and oxygen atoms in total. The number of halogens is 1. The maximum atomic E-state index is 12.3. The van der Waals surface area contributed by atoms with E-state index in [1.165, 1.54) is 12.1 Å². The summed E-state index contributed by atoms with van der Waals surface area (Å²) in [6.07, 6.45) is 0. The van der Waals surface area contributed by atoms with Gasteiger partial charge in [-0.25, -0.2) is 0 Å². The minimum Gasteiger partial charge on any atom is -0.287 e. The van der Waals surface area contributed by atoms with E-state index in [-0.39, 0.29) is 5.56 Å². The summed E-state index contributed by atoms with van der Waals surface area (Å²) in [6, 6.07) is 11.9. The van der Waals surface area contributed by atoms with Crippen LogP contribution in [0.4, 0.5) is 0 Å². The summed E-state index contributed by atoms with van der Waals surface area (Å²) in [6.45, 7) is 3.17. The van der Waals surface area contributed by atoms with Crippen LogP contribution in [-0.2, 0) is 4.79 Å². The Morgan fingerprint density at radius 1 is 1.08 bits per heavy atom. The summed E-state index contributed by atoms with van der Waals surface area (Å²) in [5.74, 6) is -1.62. The minimum atomic E-state index is -0.762. The number of benzene rings is 2. The average Bonchev–Trinajstić information content (AvgIpc) is 2.58. The first-order valence-corrected chi connectivity index (χ1v) is 7.94. The minimum absolute atomic E-state index is 0.227. The zero-order valence-corrected chi connectivity index (χ0v) is 14.5. The lowest BCUT2D eigenvalue weighted by Crippen LogP contribution is -2.23. The second-order valence-electron chi connectivity index (χ2n) is 5.77. The van der Waals surface area contributed by atoms with Crippen LogP contribution in [0.5, 0.6) is 0 Å². The van der Waals surface area contributed by atoms with Gasteiger partial charge in [0, 0.05) is 22.3 Å². The Labute approximate surface area is 150 Å². The number of carbonyl (C=O) groups excluding carboxylic acids is 2. The molecule has 0 saturated carbocycles. The van der Waals surface area contributed by atoms with E-state index < -0.39 is 29.1 Å². The lowest BCUT2D eigenvalue weighted by molar-refractivity contribution is -0.465. The van der Waals surface area contributed by atoms with Gasteiger partial charge in [0.15, 0.2) is 0 Å². The van der Waals surface area contributed by atoms with Crippen LogP contribution in [0.25, 0.3) is 0 Å². The Morgan fingerprint density at radius 2 is 1.68 bits per heavy atom. The molecule has 2 aromatic carbocycles. The predicted octanol–water partition coefficient (Wildman–Crippen LogP) is 3.16.